The van der Waals surface area contributed by atoms with E-state index in [4.69, 9.17) is 14.2 Å². The molecule has 1 N–H and O–H groups in total. The number of carbonyl (C=O) groups excluding carboxylic acids is 1. The minimum absolute atomic E-state index is 0.0657. The van der Waals surface area contributed by atoms with Crippen molar-refractivity contribution in [3.8, 4) is 11.5 Å². The van der Waals surface area contributed by atoms with E-state index >= 15 is 0 Å². The molecule has 1 amide bonds. The summed E-state index contributed by atoms with van der Waals surface area (Å²) in [6.07, 6.45) is 3.29. The van der Waals surface area contributed by atoms with Crippen LogP contribution in [0.4, 0.5) is 8.78 Å². The zero-order chi connectivity index (χ0) is 27.9. The second-order valence-electron chi connectivity index (χ2n) is 8.67. The smallest absolute Gasteiger partial charge is 0.255 e. The molecule has 0 radical (unpaired) electrons. The van der Waals surface area contributed by atoms with E-state index in [2.05, 4.69) is 10.4 Å². The average molecular weight is 539 g/mol. The molecule has 2 aromatic heterocycles. The standard InChI is InChI=1S/C28H28F2N4O5/c1-37-17-22-21(28(36)31-13-20-26(29)23(38-2)12-24(39-3)27(20)30)16-34(32-22)15-19-9-7-18(8-10-19)14-33-11-5-4-6-25(33)35/h4-12,16H,13-15,17H2,1-3H3,(H,31,36). The minimum atomic E-state index is -0.926. The first-order valence-electron chi connectivity index (χ1n) is 12.0. The SMILES string of the molecule is COCc1nn(Cc2ccc(Cn3ccccc3=O)cc2)cc1C(=O)NCc1c(F)c(OC)cc(OC)c1F. The lowest BCUT2D eigenvalue weighted by Crippen LogP contribution is -2.25. The summed E-state index contributed by atoms with van der Waals surface area (Å²) >= 11 is 0. The summed E-state index contributed by atoms with van der Waals surface area (Å²) in [6, 6.07) is 13.8. The fourth-order valence-corrected chi connectivity index (χ4v) is 4.06. The molecule has 0 aliphatic heterocycles. The summed E-state index contributed by atoms with van der Waals surface area (Å²) in [7, 11) is 3.98. The summed E-state index contributed by atoms with van der Waals surface area (Å²) < 4.78 is 47.7. The maximum atomic E-state index is 14.7. The van der Waals surface area contributed by atoms with Crippen molar-refractivity contribution in [3.63, 3.8) is 0 Å². The first-order valence-corrected chi connectivity index (χ1v) is 12.0. The maximum Gasteiger partial charge on any atom is 0.255 e. The van der Waals surface area contributed by atoms with Crippen LogP contribution in [0.15, 0.2) is 65.7 Å². The molecule has 2 aromatic carbocycles. The summed E-state index contributed by atoms with van der Waals surface area (Å²) in [4.78, 5) is 25.0. The average Bonchev–Trinajstić information content (AvgIpc) is 3.33. The van der Waals surface area contributed by atoms with E-state index in [9.17, 15) is 18.4 Å². The molecule has 9 nitrogen and oxygen atoms in total. The number of nitrogens with one attached hydrogen (secondary N) is 1. The number of methoxy groups -OCH3 is 3. The molecule has 0 atom stereocenters. The van der Waals surface area contributed by atoms with Gasteiger partial charge in [-0.05, 0) is 17.2 Å². The lowest BCUT2D eigenvalue weighted by atomic mass is 10.1. The molecule has 0 saturated carbocycles. The van der Waals surface area contributed by atoms with Gasteiger partial charge in [-0.2, -0.15) is 5.10 Å². The van der Waals surface area contributed by atoms with Crippen molar-refractivity contribution < 1.29 is 27.8 Å². The number of halogens is 2. The van der Waals surface area contributed by atoms with E-state index in [1.807, 2.05) is 24.3 Å². The highest BCUT2D eigenvalue weighted by molar-refractivity contribution is 5.95. The molecule has 0 spiro atoms. The Bertz CT molecular complexity index is 1490. The molecule has 11 heteroatoms. The van der Waals surface area contributed by atoms with Gasteiger partial charge in [0.2, 0.25) is 0 Å². The lowest BCUT2D eigenvalue weighted by Gasteiger charge is -2.13. The van der Waals surface area contributed by atoms with Crippen molar-refractivity contribution in [2.45, 2.75) is 26.2 Å². The molecule has 0 bridgehead atoms. The van der Waals surface area contributed by atoms with Gasteiger partial charge in [0.1, 0.15) is 5.69 Å². The Morgan fingerprint density at radius 2 is 1.59 bits per heavy atom. The first-order chi connectivity index (χ1) is 18.8. The molecule has 4 aromatic rings. The van der Waals surface area contributed by atoms with Crippen LogP contribution in [0, 0.1) is 11.6 Å². The Labute approximate surface area is 223 Å². The molecule has 0 saturated heterocycles. The highest BCUT2D eigenvalue weighted by atomic mass is 19.1. The van der Waals surface area contributed by atoms with Crippen LogP contribution < -0.4 is 20.3 Å². The number of ether oxygens (including phenoxy) is 3. The van der Waals surface area contributed by atoms with E-state index in [0.717, 1.165) is 17.2 Å². The number of rotatable bonds is 11. The highest BCUT2D eigenvalue weighted by Gasteiger charge is 2.22. The van der Waals surface area contributed by atoms with Crippen LogP contribution in [0.5, 0.6) is 11.5 Å². The number of hydrogen-bond acceptors (Lipinski definition) is 6. The number of aromatic nitrogens is 3. The second kappa shape index (κ2) is 12.4. The van der Waals surface area contributed by atoms with Gasteiger partial charge in [0.15, 0.2) is 23.1 Å². The van der Waals surface area contributed by atoms with Crippen molar-refractivity contribution in [1.29, 1.82) is 0 Å². The highest BCUT2D eigenvalue weighted by Crippen LogP contribution is 2.31. The van der Waals surface area contributed by atoms with Crippen LogP contribution in [0.3, 0.4) is 0 Å². The molecule has 0 aliphatic carbocycles. The van der Waals surface area contributed by atoms with E-state index in [-0.39, 0.29) is 29.2 Å². The van der Waals surface area contributed by atoms with Crippen LogP contribution in [0.2, 0.25) is 0 Å². The Morgan fingerprint density at radius 1 is 0.949 bits per heavy atom. The van der Waals surface area contributed by atoms with Crippen molar-refractivity contribution >= 4 is 5.91 Å². The number of pyridine rings is 1. The van der Waals surface area contributed by atoms with Gasteiger partial charge in [0.25, 0.3) is 11.5 Å². The van der Waals surface area contributed by atoms with Gasteiger partial charge >= 0.3 is 0 Å². The summed E-state index contributed by atoms with van der Waals surface area (Å²) in [5.41, 5.74) is 2.00. The van der Waals surface area contributed by atoms with Crippen LogP contribution in [0.25, 0.3) is 0 Å². The zero-order valence-electron chi connectivity index (χ0n) is 21.7. The van der Waals surface area contributed by atoms with E-state index in [1.165, 1.54) is 27.4 Å². The number of amides is 1. The van der Waals surface area contributed by atoms with Gasteiger partial charge in [-0.25, -0.2) is 8.78 Å². The van der Waals surface area contributed by atoms with Gasteiger partial charge in [-0.3, -0.25) is 14.3 Å². The van der Waals surface area contributed by atoms with Gasteiger partial charge in [-0.15, -0.1) is 0 Å². The number of benzene rings is 2. The summed E-state index contributed by atoms with van der Waals surface area (Å²) in [5.74, 6) is -2.83. The van der Waals surface area contributed by atoms with Crippen molar-refractivity contribution in [1.82, 2.24) is 19.7 Å². The molecule has 0 aliphatic rings. The van der Waals surface area contributed by atoms with E-state index in [1.54, 1.807) is 33.8 Å². The molecule has 4 rings (SSSR count). The fraction of sp³-hybridized carbons (Fsp3) is 0.250. The van der Waals surface area contributed by atoms with Crippen molar-refractivity contribution in [2.75, 3.05) is 21.3 Å². The summed E-state index contributed by atoms with van der Waals surface area (Å²) in [5, 5.41) is 7.00. The Morgan fingerprint density at radius 3 is 2.18 bits per heavy atom. The van der Waals surface area contributed by atoms with Crippen LogP contribution in [-0.2, 0) is 31.0 Å². The number of hydrogen-bond donors (Lipinski definition) is 1. The third-order valence-corrected chi connectivity index (χ3v) is 6.07. The third-order valence-electron chi connectivity index (χ3n) is 6.07. The topological polar surface area (TPSA) is 96.6 Å². The second-order valence-corrected chi connectivity index (χ2v) is 8.67. The number of nitrogens with zero attached hydrogens (tertiary/aromatic N) is 3. The maximum absolute atomic E-state index is 14.7. The van der Waals surface area contributed by atoms with Crippen LogP contribution in [-0.4, -0.2) is 41.6 Å². The van der Waals surface area contributed by atoms with Gasteiger partial charge in [0.05, 0.1) is 45.0 Å². The normalized spacial score (nSPS) is 10.9. The molecule has 0 fully saturated rings. The molecule has 39 heavy (non-hydrogen) atoms. The monoisotopic (exact) mass is 538 g/mol. The van der Waals surface area contributed by atoms with Crippen LogP contribution >= 0.6 is 0 Å². The molecule has 204 valence electrons. The molecular weight excluding hydrogens is 510 g/mol. The van der Waals surface area contributed by atoms with Crippen molar-refractivity contribution in [2.24, 2.45) is 0 Å². The molecular formula is C28H28F2N4O5. The molecule has 2 heterocycles. The largest absolute Gasteiger partial charge is 0.494 e. The quantitative estimate of drug-likeness (QED) is 0.314. The predicted molar refractivity (Wildman–Crippen MR) is 139 cm³/mol. The van der Waals surface area contributed by atoms with E-state index in [0.29, 0.717) is 18.8 Å². The fourth-order valence-electron chi connectivity index (χ4n) is 4.06. The zero-order valence-corrected chi connectivity index (χ0v) is 21.7. The van der Waals surface area contributed by atoms with E-state index < -0.39 is 29.6 Å². The Kier molecular flexibility index (Phi) is 8.72. The van der Waals surface area contributed by atoms with Crippen molar-refractivity contribution in [3.05, 3.63) is 111 Å². The lowest BCUT2D eigenvalue weighted by molar-refractivity contribution is 0.0945. The first kappa shape index (κ1) is 27.5. The van der Waals surface area contributed by atoms with Gasteiger partial charge < -0.3 is 24.1 Å². The minimum Gasteiger partial charge on any atom is -0.494 e. The summed E-state index contributed by atoms with van der Waals surface area (Å²) in [6.45, 7) is 0.445. The Balaban J connectivity index is 1.48. The van der Waals surface area contributed by atoms with Crippen LogP contribution in [0.1, 0.15) is 32.7 Å². The Hall–Kier alpha value is -4.51. The number of carbonyl (C=O) groups is 1. The van der Waals surface area contributed by atoms with Gasteiger partial charge in [-0.1, -0.05) is 30.3 Å². The van der Waals surface area contributed by atoms with Gasteiger partial charge in [0, 0.05) is 38.2 Å². The third kappa shape index (κ3) is 6.32. The predicted octanol–water partition coefficient (Wildman–Crippen LogP) is 3.51. The molecule has 0 unspecified atom stereocenters.